The molecule has 0 aliphatic heterocycles. The van der Waals surface area contributed by atoms with Gasteiger partial charge in [-0.1, -0.05) is 6.07 Å². The highest BCUT2D eigenvalue weighted by Crippen LogP contribution is 2.13. The first kappa shape index (κ1) is 17.1. The number of aromatic nitrogens is 6. The van der Waals surface area contributed by atoms with E-state index < -0.39 is 40.2 Å². The van der Waals surface area contributed by atoms with Gasteiger partial charge in [0.1, 0.15) is 6.33 Å². The number of halogens is 2. The molecule has 1 aromatic carbocycles. The van der Waals surface area contributed by atoms with Gasteiger partial charge >= 0.3 is 5.69 Å². The van der Waals surface area contributed by atoms with E-state index in [1.807, 2.05) is 0 Å². The molecule has 0 saturated carbocycles. The summed E-state index contributed by atoms with van der Waals surface area (Å²) in [7, 11) is 2.66. The Kier molecular flexibility index (Phi) is 4.16. The van der Waals surface area contributed by atoms with Crippen molar-refractivity contribution < 1.29 is 13.6 Å². The van der Waals surface area contributed by atoms with Crippen LogP contribution in [0.4, 0.5) is 14.7 Å². The van der Waals surface area contributed by atoms with E-state index in [-0.39, 0.29) is 5.95 Å². The summed E-state index contributed by atoms with van der Waals surface area (Å²) in [4.78, 5) is 40.9. The highest BCUT2D eigenvalue weighted by molar-refractivity contribution is 6.01. The fourth-order valence-electron chi connectivity index (χ4n) is 2.16. The average molecular weight is 363 g/mol. The molecule has 0 aliphatic rings. The van der Waals surface area contributed by atoms with Crippen LogP contribution in [0.15, 0.2) is 34.1 Å². The normalized spacial score (nSPS) is 10.8. The molecule has 0 aliphatic carbocycles. The summed E-state index contributed by atoms with van der Waals surface area (Å²) in [5.41, 5.74) is -3.60. The highest BCUT2D eigenvalue weighted by atomic mass is 19.2. The number of aryl methyl sites for hydroxylation is 2. The molecular formula is C14H11F2N7O3. The van der Waals surface area contributed by atoms with Crippen LogP contribution in [0, 0.1) is 11.6 Å². The van der Waals surface area contributed by atoms with Gasteiger partial charge in [0.25, 0.3) is 11.5 Å². The molecule has 0 atom stereocenters. The Hall–Kier alpha value is -3.70. The lowest BCUT2D eigenvalue weighted by Gasteiger charge is -2.10. The first-order valence-corrected chi connectivity index (χ1v) is 7.11. The summed E-state index contributed by atoms with van der Waals surface area (Å²) in [6, 6.07) is 2.99. The first-order valence-electron chi connectivity index (χ1n) is 7.11. The Morgan fingerprint density at radius 2 is 1.88 bits per heavy atom. The largest absolute Gasteiger partial charge is 0.351 e. The molecule has 3 rings (SSSR count). The molecule has 1 amide bonds. The third-order valence-electron chi connectivity index (χ3n) is 3.45. The number of hydrogen-bond donors (Lipinski definition) is 1. The van der Waals surface area contributed by atoms with Gasteiger partial charge in [-0.2, -0.15) is 15.2 Å². The molecule has 134 valence electrons. The third-order valence-corrected chi connectivity index (χ3v) is 3.45. The Balaban J connectivity index is 2.18. The molecule has 0 bridgehead atoms. The molecule has 1 N–H and O–H groups in total. The zero-order valence-corrected chi connectivity index (χ0v) is 13.5. The van der Waals surface area contributed by atoms with E-state index in [1.165, 1.54) is 18.1 Å². The Bertz CT molecular complexity index is 1130. The lowest BCUT2D eigenvalue weighted by atomic mass is 10.3. The van der Waals surface area contributed by atoms with Crippen LogP contribution in [0.3, 0.4) is 0 Å². The van der Waals surface area contributed by atoms with E-state index in [9.17, 15) is 23.2 Å². The number of carbonyl (C=O) groups is 1. The van der Waals surface area contributed by atoms with Gasteiger partial charge in [0.15, 0.2) is 11.6 Å². The van der Waals surface area contributed by atoms with Gasteiger partial charge in [-0.05, 0) is 12.1 Å². The molecule has 3 aromatic rings. The quantitative estimate of drug-likeness (QED) is 0.676. The van der Waals surface area contributed by atoms with Crippen molar-refractivity contribution in [3.8, 4) is 5.69 Å². The van der Waals surface area contributed by atoms with Crippen molar-refractivity contribution in [1.29, 1.82) is 0 Å². The number of hydrogen-bond acceptors (Lipinski definition) is 6. The van der Waals surface area contributed by atoms with Gasteiger partial charge in [0.2, 0.25) is 11.6 Å². The number of amides is 1. The van der Waals surface area contributed by atoms with E-state index in [4.69, 9.17) is 0 Å². The maximum atomic E-state index is 14.0. The lowest BCUT2D eigenvalue weighted by molar-refractivity contribution is 0.101. The van der Waals surface area contributed by atoms with Crippen molar-refractivity contribution in [3.63, 3.8) is 0 Å². The summed E-state index contributed by atoms with van der Waals surface area (Å²) < 4.78 is 29.7. The Labute approximate surface area is 143 Å². The molecule has 26 heavy (non-hydrogen) atoms. The third kappa shape index (κ3) is 2.76. The maximum absolute atomic E-state index is 14.0. The first-order chi connectivity index (χ1) is 12.3. The SMILES string of the molecule is Cn1ncnc1NC(=O)c1nn(C)c(=O)n(-c2cccc(F)c2F)c1=O. The van der Waals surface area contributed by atoms with Gasteiger partial charge in [0.05, 0.1) is 5.69 Å². The van der Waals surface area contributed by atoms with E-state index in [0.717, 1.165) is 25.2 Å². The summed E-state index contributed by atoms with van der Waals surface area (Å²) >= 11 is 0. The minimum Gasteiger partial charge on any atom is -0.289 e. The fourth-order valence-corrected chi connectivity index (χ4v) is 2.16. The predicted octanol–water partition coefficient (Wildman–Crippen LogP) is -0.410. The summed E-state index contributed by atoms with van der Waals surface area (Å²) in [6.07, 6.45) is 1.17. The van der Waals surface area contributed by atoms with Crippen molar-refractivity contribution in [2.75, 3.05) is 5.32 Å². The van der Waals surface area contributed by atoms with Crippen LogP contribution in [0.1, 0.15) is 10.5 Å². The monoisotopic (exact) mass is 363 g/mol. The molecule has 10 nitrogen and oxygen atoms in total. The molecule has 0 spiro atoms. The number of benzene rings is 1. The van der Waals surface area contributed by atoms with E-state index in [1.54, 1.807) is 0 Å². The van der Waals surface area contributed by atoms with E-state index in [0.29, 0.717) is 9.25 Å². The van der Waals surface area contributed by atoms with Gasteiger partial charge < -0.3 is 0 Å². The van der Waals surface area contributed by atoms with Crippen molar-refractivity contribution >= 4 is 11.9 Å². The van der Waals surface area contributed by atoms with Crippen molar-refractivity contribution in [1.82, 2.24) is 29.1 Å². The second-order valence-electron chi connectivity index (χ2n) is 5.13. The van der Waals surface area contributed by atoms with E-state index >= 15 is 0 Å². The minimum absolute atomic E-state index is 0.0218. The molecule has 2 heterocycles. The van der Waals surface area contributed by atoms with Crippen LogP contribution < -0.4 is 16.6 Å². The zero-order valence-electron chi connectivity index (χ0n) is 13.5. The van der Waals surface area contributed by atoms with Gasteiger partial charge in [0, 0.05) is 14.1 Å². The highest BCUT2D eigenvalue weighted by Gasteiger charge is 2.23. The van der Waals surface area contributed by atoms with Crippen LogP contribution in [-0.2, 0) is 14.1 Å². The van der Waals surface area contributed by atoms with Crippen LogP contribution in [0.2, 0.25) is 0 Å². The molecular weight excluding hydrogens is 352 g/mol. The number of nitrogens with zero attached hydrogens (tertiary/aromatic N) is 6. The molecule has 12 heteroatoms. The molecule has 0 fully saturated rings. The van der Waals surface area contributed by atoms with Crippen molar-refractivity contribution in [2.45, 2.75) is 0 Å². The number of nitrogens with one attached hydrogen (secondary N) is 1. The van der Waals surface area contributed by atoms with Crippen molar-refractivity contribution in [3.05, 3.63) is 62.7 Å². The molecule has 0 saturated heterocycles. The van der Waals surface area contributed by atoms with Gasteiger partial charge in [-0.15, -0.1) is 0 Å². The Morgan fingerprint density at radius 3 is 2.54 bits per heavy atom. The lowest BCUT2D eigenvalue weighted by Crippen LogP contribution is -2.44. The standard InChI is InChI=1S/C14H11F2N7O3/c1-21-13(17-6-18-21)19-11(24)10-12(25)23(14(26)22(2)20-10)8-5-3-4-7(15)9(8)16/h3-6H,1-2H3,(H,17,18,19,24). The van der Waals surface area contributed by atoms with Gasteiger partial charge in [-0.25, -0.2) is 27.5 Å². The van der Waals surface area contributed by atoms with Crippen LogP contribution in [-0.4, -0.2) is 35.0 Å². The smallest absolute Gasteiger partial charge is 0.289 e. The maximum Gasteiger partial charge on any atom is 0.351 e. The van der Waals surface area contributed by atoms with Crippen molar-refractivity contribution in [2.24, 2.45) is 14.1 Å². The molecule has 0 radical (unpaired) electrons. The second kappa shape index (κ2) is 6.31. The molecule has 0 unspecified atom stereocenters. The average Bonchev–Trinajstić information content (AvgIpc) is 2.99. The Morgan fingerprint density at radius 1 is 1.15 bits per heavy atom. The summed E-state index contributed by atoms with van der Waals surface area (Å²) in [5.74, 6) is -3.63. The minimum atomic E-state index is -1.41. The molecule has 2 aromatic heterocycles. The fraction of sp³-hybridized carbons (Fsp3) is 0.143. The van der Waals surface area contributed by atoms with Crippen LogP contribution in [0.5, 0.6) is 0 Å². The predicted molar refractivity (Wildman–Crippen MR) is 83.9 cm³/mol. The second-order valence-corrected chi connectivity index (χ2v) is 5.13. The number of anilines is 1. The topological polar surface area (TPSA) is 117 Å². The van der Waals surface area contributed by atoms with Crippen LogP contribution >= 0.6 is 0 Å². The number of carbonyl (C=O) groups excluding carboxylic acids is 1. The van der Waals surface area contributed by atoms with Crippen LogP contribution in [0.25, 0.3) is 5.69 Å². The number of rotatable bonds is 3. The zero-order chi connectivity index (χ0) is 19.0. The summed E-state index contributed by atoms with van der Waals surface area (Å²) in [5, 5.41) is 9.64. The summed E-state index contributed by atoms with van der Waals surface area (Å²) in [6.45, 7) is 0. The van der Waals surface area contributed by atoms with E-state index in [2.05, 4.69) is 20.5 Å². The van der Waals surface area contributed by atoms with Gasteiger partial charge in [-0.3, -0.25) is 14.9 Å².